The standard InChI is InChI=1S/C20H29N5OS/c1-4-21-20(23-14-19-24-15(2)16(3)27-19)22-13-17-7-5-6-8-18(17)25-9-11-26-12-10-25/h5-8H,4,9-14H2,1-3H3,(H2,21,22,23). The number of nitrogens with zero attached hydrogens (tertiary/aromatic N) is 3. The number of nitrogens with one attached hydrogen (secondary N) is 2. The molecule has 0 bridgehead atoms. The third kappa shape index (κ3) is 5.43. The van der Waals surface area contributed by atoms with E-state index in [0.717, 1.165) is 49.5 Å². The van der Waals surface area contributed by atoms with E-state index in [1.54, 1.807) is 11.3 Å². The predicted molar refractivity (Wildman–Crippen MR) is 113 cm³/mol. The summed E-state index contributed by atoms with van der Waals surface area (Å²) in [5.41, 5.74) is 3.60. The van der Waals surface area contributed by atoms with Gasteiger partial charge in [0.1, 0.15) is 5.01 Å². The SMILES string of the molecule is CCNC(=NCc1ccccc1N1CCOCC1)NCc1nc(C)c(C)s1. The first-order chi connectivity index (χ1) is 13.2. The van der Waals surface area contributed by atoms with Crippen LogP contribution in [-0.4, -0.2) is 43.8 Å². The zero-order valence-corrected chi connectivity index (χ0v) is 17.2. The highest BCUT2D eigenvalue weighted by molar-refractivity contribution is 7.11. The molecule has 1 fully saturated rings. The lowest BCUT2D eigenvalue weighted by Crippen LogP contribution is -2.37. The molecule has 0 spiro atoms. The fourth-order valence-electron chi connectivity index (χ4n) is 3.04. The maximum Gasteiger partial charge on any atom is 0.191 e. The first-order valence-corrected chi connectivity index (χ1v) is 10.3. The highest BCUT2D eigenvalue weighted by Crippen LogP contribution is 2.22. The van der Waals surface area contributed by atoms with Crippen molar-refractivity contribution in [2.75, 3.05) is 37.7 Å². The summed E-state index contributed by atoms with van der Waals surface area (Å²) >= 11 is 1.74. The lowest BCUT2D eigenvalue weighted by atomic mass is 10.1. The maximum absolute atomic E-state index is 5.48. The van der Waals surface area contributed by atoms with E-state index in [9.17, 15) is 0 Å². The second-order valence-corrected chi connectivity index (χ2v) is 7.81. The van der Waals surface area contributed by atoms with Crippen molar-refractivity contribution in [1.29, 1.82) is 0 Å². The van der Waals surface area contributed by atoms with Crippen molar-refractivity contribution in [2.45, 2.75) is 33.9 Å². The van der Waals surface area contributed by atoms with Gasteiger partial charge in [-0.05, 0) is 32.4 Å². The third-order valence-corrected chi connectivity index (χ3v) is 5.65. The molecule has 0 unspecified atom stereocenters. The van der Waals surface area contributed by atoms with Gasteiger partial charge in [-0.15, -0.1) is 11.3 Å². The van der Waals surface area contributed by atoms with Crippen LogP contribution in [0.1, 0.15) is 28.1 Å². The Bertz CT molecular complexity index is 748. The molecule has 27 heavy (non-hydrogen) atoms. The third-order valence-electron chi connectivity index (χ3n) is 4.58. The molecule has 0 amide bonds. The van der Waals surface area contributed by atoms with E-state index in [2.05, 4.69) is 65.6 Å². The molecule has 0 saturated carbocycles. The van der Waals surface area contributed by atoms with Crippen LogP contribution in [0.2, 0.25) is 0 Å². The monoisotopic (exact) mass is 387 g/mol. The molecule has 1 aliphatic rings. The summed E-state index contributed by atoms with van der Waals surface area (Å²) in [6.45, 7) is 11.8. The lowest BCUT2D eigenvalue weighted by Gasteiger charge is -2.30. The van der Waals surface area contributed by atoms with E-state index in [1.807, 2.05) is 0 Å². The highest BCUT2D eigenvalue weighted by atomic mass is 32.1. The Labute approximate surface area is 165 Å². The molecule has 0 aliphatic carbocycles. The summed E-state index contributed by atoms with van der Waals surface area (Å²) in [5, 5.41) is 7.81. The molecule has 2 aromatic rings. The first kappa shape index (κ1) is 19.6. The van der Waals surface area contributed by atoms with E-state index < -0.39 is 0 Å². The van der Waals surface area contributed by atoms with E-state index in [0.29, 0.717) is 13.1 Å². The molecule has 1 aromatic heterocycles. The van der Waals surface area contributed by atoms with E-state index in [-0.39, 0.29) is 0 Å². The second kappa shape index (κ2) is 9.71. The first-order valence-electron chi connectivity index (χ1n) is 9.53. The Morgan fingerprint density at radius 3 is 2.70 bits per heavy atom. The molecule has 0 atom stereocenters. The van der Waals surface area contributed by atoms with Crippen LogP contribution in [-0.2, 0) is 17.8 Å². The van der Waals surface area contributed by atoms with E-state index >= 15 is 0 Å². The topological polar surface area (TPSA) is 61.8 Å². The van der Waals surface area contributed by atoms with Gasteiger partial charge in [-0.1, -0.05) is 18.2 Å². The Morgan fingerprint density at radius 2 is 2.00 bits per heavy atom. The largest absolute Gasteiger partial charge is 0.378 e. The number of guanidine groups is 1. The van der Waals surface area contributed by atoms with Gasteiger partial charge in [-0.25, -0.2) is 9.98 Å². The molecule has 1 saturated heterocycles. The van der Waals surface area contributed by atoms with Crippen LogP contribution in [0.4, 0.5) is 5.69 Å². The number of hydrogen-bond acceptors (Lipinski definition) is 5. The van der Waals surface area contributed by atoms with Gasteiger partial charge < -0.3 is 20.3 Å². The summed E-state index contributed by atoms with van der Waals surface area (Å²) in [6, 6.07) is 8.51. The van der Waals surface area contributed by atoms with Crippen molar-refractivity contribution in [3.63, 3.8) is 0 Å². The number of aromatic nitrogens is 1. The smallest absolute Gasteiger partial charge is 0.191 e. The fraction of sp³-hybridized carbons (Fsp3) is 0.500. The molecule has 146 valence electrons. The van der Waals surface area contributed by atoms with Crippen LogP contribution in [0, 0.1) is 13.8 Å². The number of ether oxygens (including phenoxy) is 1. The van der Waals surface area contributed by atoms with E-state index in [4.69, 9.17) is 9.73 Å². The highest BCUT2D eigenvalue weighted by Gasteiger charge is 2.14. The van der Waals surface area contributed by atoms with Crippen molar-refractivity contribution in [1.82, 2.24) is 15.6 Å². The molecule has 7 heteroatoms. The summed E-state index contributed by atoms with van der Waals surface area (Å²) < 4.78 is 5.48. The zero-order chi connectivity index (χ0) is 19.1. The average Bonchev–Trinajstić information content (AvgIpc) is 3.02. The van der Waals surface area contributed by atoms with Gasteiger partial charge >= 0.3 is 0 Å². The molecule has 3 rings (SSSR count). The number of rotatable bonds is 6. The fourth-order valence-corrected chi connectivity index (χ4v) is 3.91. The van der Waals surface area contributed by atoms with Gasteiger partial charge in [0, 0.05) is 30.2 Å². The summed E-state index contributed by atoms with van der Waals surface area (Å²) in [4.78, 5) is 13.0. The number of aliphatic imine (C=N–C) groups is 1. The zero-order valence-electron chi connectivity index (χ0n) is 16.4. The summed E-state index contributed by atoms with van der Waals surface area (Å²) in [6.07, 6.45) is 0. The molecule has 2 heterocycles. The Kier molecular flexibility index (Phi) is 7.06. The normalized spacial score (nSPS) is 15.1. The Hall–Kier alpha value is -2.12. The number of hydrogen-bond donors (Lipinski definition) is 2. The van der Waals surface area contributed by atoms with Gasteiger partial charge in [0.05, 0.1) is 32.0 Å². The van der Waals surface area contributed by atoms with Crippen molar-refractivity contribution >= 4 is 23.0 Å². The number of benzene rings is 1. The summed E-state index contributed by atoms with van der Waals surface area (Å²) in [5.74, 6) is 0.819. The summed E-state index contributed by atoms with van der Waals surface area (Å²) in [7, 11) is 0. The minimum atomic E-state index is 0.638. The number of aryl methyl sites for hydroxylation is 2. The second-order valence-electron chi connectivity index (χ2n) is 6.53. The number of morpholine rings is 1. The molecule has 1 aromatic carbocycles. The van der Waals surface area contributed by atoms with Gasteiger partial charge in [0.25, 0.3) is 0 Å². The van der Waals surface area contributed by atoms with Gasteiger partial charge in [0.15, 0.2) is 5.96 Å². The molecular formula is C20H29N5OS. The van der Waals surface area contributed by atoms with Gasteiger partial charge in [0.2, 0.25) is 0 Å². The van der Waals surface area contributed by atoms with Crippen LogP contribution < -0.4 is 15.5 Å². The van der Waals surface area contributed by atoms with Crippen LogP contribution in [0.25, 0.3) is 0 Å². The quantitative estimate of drug-likeness (QED) is 0.590. The molecule has 0 radical (unpaired) electrons. The van der Waals surface area contributed by atoms with Crippen LogP contribution in [0.15, 0.2) is 29.3 Å². The lowest BCUT2D eigenvalue weighted by molar-refractivity contribution is 0.122. The molecule has 2 N–H and O–H groups in total. The number of para-hydroxylation sites is 1. The van der Waals surface area contributed by atoms with Crippen LogP contribution >= 0.6 is 11.3 Å². The van der Waals surface area contributed by atoms with Crippen LogP contribution in [0.5, 0.6) is 0 Å². The number of thiazole rings is 1. The minimum absolute atomic E-state index is 0.638. The van der Waals surface area contributed by atoms with Crippen molar-refractivity contribution in [3.05, 3.63) is 45.4 Å². The van der Waals surface area contributed by atoms with Gasteiger partial charge in [-0.2, -0.15) is 0 Å². The van der Waals surface area contributed by atoms with Crippen LogP contribution in [0.3, 0.4) is 0 Å². The van der Waals surface area contributed by atoms with Crippen molar-refractivity contribution in [2.24, 2.45) is 4.99 Å². The van der Waals surface area contributed by atoms with Gasteiger partial charge in [-0.3, -0.25) is 0 Å². The van der Waals surface area contributed by atoms with Crippen molar-refractivity contribution in [3.8, 4) is 0 Å². The average molecular weight is 388 g/mol. The predicted octanol–water partition coefficient (Wildman–Crippen LogP) is 2.85. The maximum atomic E-state index is 5.48. The number of anilines is 1. The molecule has 6 nitrogen and oxygen atoms in total. The molecular weight excluding hydrogens is 358 g/mol. The minimum Gasteiger partial charge on any atom is -0.378 e. The van der Waals surface area contributed by atoms with Crippen molar-refractivity contribution < 1.29 is 4.74 Å². The molecule has 1 aliphatic heterocycles. The van der Waals surface area contributed by atoms with E-state index in [1.165, 1.54) is 16.1 Å². The Balaban J connectivity index is 1.67. The Morgan fingerprint density at radius 1 is 1.22 bits per heavy atom.